The number of amides is 1. The van der Waals surface area contributed by atoms with Crippen molar-refractivity contribution in [1.29, 1.82) is 0 Å². The minimum atomic E-state index is -0.447. The maximum atomic E-state index is 12.8. The lowest BCUT2D eigenvalue weighted by Gasteiger charge is -2.09. The normalized spacial score (nSPS) is 11.2. The van der Waals surface area contributed by atoms with Gasteiger partial charge in [-0.25, -0.2) is 14.5 Å². The molecule has 0 aliphatic heterocycles. The molecule has 5 rings (SSSR count). The van der Waals surface area contributed by atoms with E-state index in [4.69, 9.17) is 0 Å². The molecular formula is C20H15N7O. The Labute approximate surface area is 159 Å². The summed E-state index contributed by atoms with van der Waals surface area (Å²) >= 11 is 0. The summed E-state index contributed by atoms with van der Waals surface area (Å²) in [5, 5.41) is 7.10. The van der Waals surface area contributed by atoms with Crippen molar-refractivity contribution in [2.24, 2.45) is 0 Å². The number of imidazole rings is 1. The first-order chi connectivity index (χ1) is 13.7. The third-order valence-corrected chi connectivity index (χ3v) is 4.43. The molecular weight excluding hydrogens is 354 g/mol. The molecule has 3 heterocycles. The minimum absolute atomic E-state index is 0.0356. The van der Waals surface area contributed by atoms with E-state index in [2.05, 4.69) is 25.4 Å². The minimum Gasteiger partial charge on any atom is -0.289 e. The van der Waals surface area contributed by atoms with Crippen LogP contribution >= 0.6 is 0 Å². The van der Waals surface area contributed by atoms with Gasteiger partial charge in [-0.3, -0.25) is 14.7 Å². The number of rotatable bonds is 3. The summed E-state index contributed by atoms with van der Waals surface area (Å²) in [7, 11) is 0. The van der Waals surface area contributed by atoms with Crippen molar-refractivity contribution in [3.8, 4) is 5.69 Å². The van der Waals surface area contributed by atoms with Crippen LogP contribution in [0.3, 0.4) is 0 Å². The Morgan fingerprint density at radius 1 is 0.964 bits per heavy atom. The average molecular weight is 369 g/mol. The van der Waals surface area contributed by atoms with Crippen LogP contribution in [-0.4, -0.2) is 35.0 Å². The Morgan fingerprint density at radius 3 is 2.57 bits per heavy atom. The monoisotopic (exact) mass is 369 g/mol. The molecule has 28 heavy (non-hydrogen) atoms. The SMILES string of the molecule is Cc1ccnc2nc(C(=O)Nc3nc4ccccc4n3-c3ccccc3)nn12. The molecule has 0 atom stereocenters. The third kappa shape index (κ3) is 2.59. The van der Waals surface area contributed by atoms with Gasteiger partial charge in [0.2, 0.25) is 11.8 Å². The summed E-state index contributed by atoms with van der Waals surface area (Å²) in [6, 6.07) is 19.3. The van der Waals surface area contributed by atoms with Crippen molar-refractivity contribution in [2.45, 2.75) is 6.92 Å². The van der Waals surface area contributed by atoms with E-state index in [1.54, 1.807) is 12.3 Å². The number of nitrogens with one attached hydrogen (secondary N) is 1. The zero-order chi connectivity index (χ0) is 19.1. The van der Waals surface area contributed by atoms with Gasteiger partial charge in [-0.1, -0.05) is 30.3 Å². The Morgan fingerprint density at radius 2 is 1.75 bits per heavy atom. The molecule has 136 valence electrons. The van der Waals surface area contributed by atoms with Crippen molar-refractivity contribution in [2.75, 3.05) is 5.32 Å². The Balaban J connectivity index is 1.59. The standard InChI is InChI=1S/C20H15N7O/c1-13-11-12-21-19-23-17(25-27(13)19)18(28)24-20-22-15-9-5-6-10-16(15)26(20)14-7-3-2-4-8-14/h2-12H,1H3,(H,22,24,28). The van der Waals surface area contributed by atoms with Crippen LogP contribution in [0.5, 0.6) is 0 Å². The molecule has 0 aliphatic rings. The van der Waals surface area contributed by atoms with Gasteiger partial charge in [0.1, 0.15) is 0 Å². The van der Waals surface area contributed by atoms with Gasteiger partial charge < -0.3 is 0 Å². The van der Waals surface area contributed by atoms with Crippen LogP contribution in [0.15, 0.2) is 66.9 Å². The van der Waals surface area contributed by atoms with Crippen molar-refractivity contribution in [3.63, 3.8) is 0 Å². The van der Waals surface area contributed by atoms with E-state index in [0.29, 0.717) is 11.7 Å². The molecule has 8 nitrogen and oxygen atoms in total. The predicted octanol–water partition coefficient (Wildman–Crippen LogP) is 3.02. The summed E-state index contributed by atoms with van der Waals surface area (Å²) in [4.78, 5) is 25.8. The molecule has 0 unspecified atom stereocenters. The zero-order valence-electron chi connectivity index (χ0n) is 14.9. The second-order valence-electron chi connectivity index (χ2n) is 6.28. The van der Waals surface area contributed by atoms with E-state index in [1.807, 2.05) is 66.1 Å². The Bertz CT molecular complexity index is 1320. The number of fused-ring (bicyclic) bond motifs is 2. The fourth-order valence-corrected chi connectivity index (χ4v) is 3.11. The van der Waals surface area contributed by atoms with Gasteiger partial charge in [-0.05, 0) is 37.3 Å². The van der Waals surface area contributed by atoms with Crippen LogP contribution in [0.2, 0.25) is 0 Å². The van der Waals surface area contributed by atoms with Crippen molar-refractivity contribution >= 4 is 28.7 Å². The van der Waals surface area contributed by atoms with E-state index in [1.165, 1.54) is 4.52 Å². The molecule has 2 aromatic carbocycles. The third-order valence-electron chi connectivity index (χ3n) is 4.43. The maximum absolute atomic E-state index is 12.8. The summed E-state index contributed by atoms with van der Waals surface area (Å²) in [6.45, 7) is 1.87. The van der Waals surface area contributed by atoms with Gasteiger partial charge in [0.25, 0.3) is 11.7 Å². The maximum Gasteiger partial charge on any atom is 0.297 e. The molecule has 0 bridgehead atoms. The number of aryl methyl sites for hydroxylation is 1. The number of carbonyl (C=O) groups is 1. The molecule has 1 amide bonds. The molecule has 0 spiro atoms. The number of anilines is 1. The highest BCUT2D eigenvalue weighted by Crippen LogP contribution is 2.24. The van der Waals surface area contributed by atoms with Crippen molar-refractivity contribution in [1.82, 2.24) is 29.1 Å². The largest absolute Gasteiger partial charge is 0.297 e. The molecule has 5 aromatic rings. The fraction of sp³-hybridized carbons (Fsp3) is 0.0500. The van der Waals surface area contributed by atoms with Gasteiger partial charge in [0, 0.05) is 17.6 Å². The zero-order valence-corrected chi connectivity index (χ0v) is 14.9. The molecule has 0 saturated heterocycles. The fourth-order valence-electron chi connectivity index (χ4n) is 3.11. The summed E-state index contributed by atoms with van der Waals surface area (Å²) in [6.07, 6.45) is 1.63. The molecule has 0 aliphatic carbocycles. The molecule has 0 saturated carbocycles. The molecule has 8 heteroatoms. The highest BCUT2D eigenvalue weighted by Gasteiger charge is 2.19. The molecule has 3 aromatic heterocycles. The van der Waals surface area contributed by atoms with Crippen LogP contribution in [0.25, 0.3) is 22.5 Å². The molecule has 0 fully saturated rings. The lowest BCUT2D eigenvalue weighted by atomic mass is 10.3. The predicted molar refractivity (Wildman–Crippen MR) is 105 cm³/mol. The summed E-state index contributed by atoms with van der Waals surface area (Å²) < 4.78 is 3.43. The van der Waals surface area contributed by atoms with Crippen LogP contribution in [0.4, 0.5) is 5.95 Å². The number of hydrogen-bond acceptors (Lipinski definition) is 5. The van der Waals surface area contributed by atoms with Crippen LogP contribution in [0.1, 0.15) is 16.3 Å². The summed E-state index contributed by atoms with van der Waals surface area (Å²) in [5.41, 5.74) is 3.41. The Hall–Kier alpha value is -4.07. The van der Waals surface area contributed by atoms with E-state index < -0.39 is 5.91 Å². The second-order valence-corrected chi connectivity index (χ2v) is 6.28. The Kier molecular flexibility index (Phi) is 3.61. The first-order valence-electron chi connectivity index (χ1n) is 8.73. The first kappa shape index (κ1) is 16.1. The first-order valence-corrected chi connectivity index (χ1v) is 8.73. The highest BCUT2D eigenvalue weighted by molar-refractivity contribution is 6.02. The average Bonchev–Trinajstić information content (AvgIpc) is 3.31. The quantitative estimate of drug-likeness (QED) is 0.528. The number of aromatic nitrogens is 6. The van der Waals surface area contributed by atoms with Gasteiger partial charge >= 0.3 is 0 Å². The van der Waals surface area contributed by atoms with Crippen LogP contribution in [-0.2, 0) is 0 Å². The number of carbonyl (C=O) groups excluding carboxylic acids is 1. The van der Waals surface area contributed by atoms with E-state index in [-0.39, 0.29) is 5.82 Å². The van der Waals surface area contributed by atoms with Gasteiger partial charge in [0.05, 0.1) is 11.0 Å². The van der Waals surface area contributed by atoms with Crippen molar-refractivity contribution < 1.29 is 4.79 Å². The number of benzene rings is 2. The lowest BCUT2D eigenvalue weighted by molar-refractivity contribution is 0.101. The number of nitrogens with zero attached hydrogens (tertiary/aromatic N) is 6. The second kappa shape index (κ2) is 6.27. The van der Waals surface area contributed by atoms with Gasteiger partial charge in [-0.2, -0.15) is 4.98 Å². The van der Waals surface area contributed by atoms with Gasteiger partial charge in [0.15, 0.2) is 0 Å². The van der Waals surface area contributed by atoms with Crippen molar-refractivity contribution in [3.05, 3.63) is 78.4 Å². The number of para-hydroxylation sites is 3. The van der Waals surface area contributed by atoms with E-state index in [9.17, 15) is 4.79 Å². The molecule has 1 N–H and O–H groups in total. The summed E-state index contributed by atoms with van der Waals surface area (Å²) in [5.74, 6) is 0.369. The lowest BCUT2D eigenvalue weighted by Crippen LogP contribution is -2.17. The number of hydrogen-bond donors (Lipinski definition) is 1. The van der Waals surface area contributed by atoms with Gasteiger partial charge in [-0.15, -0.1) is 5.10 Å². The van der Waals surface area contributed by atoms with Crippen LogP contribution < -0.4 is 5.32 Å². The highest BCUT2D eigenvalue weighted by atomic mass is 16.2. The van der Waals surface area contributed by atoms with E-state index >= 15 is 0 Å². The smallest absolute Gasteiger partial charge is 0.289 e. The van der Waals surface area contributed by atoms with Crippen LogP contribution in [0, 0.1) is 6.92 Å². The topological polar surface area (TPSA) is 90.0 Å². The molecule has 0 radical (unpaired) electrons. The van der Waals surface area contributed by atoms with E-state index in [0.717, 1.165) is 22.4 Å².